The predicted octanol–water partition coefficient (Wildman–Crippen LogP) is 2.91. The fraction of sp³-hybridized carbons (Fsp3) is 0.250. The number of rotatable bonds is 3. The topological polar surface area (TPSA) is 54.9 Å². The van der Waals surface area contributed by atoms with Crippen molar-refractivity contribution in [3.63, 3.8) is 0 Å². The number of carbonyl (C=O) groups excluding carboxylic acids is 1. The van der Waals surface area contributed by atoms with E-state index in [-0.39, 0.29) is 5.91 Å². The maximum atomic E-state index is 11.8. The monoisotopic (exact) mass is 247 g/mol. The number of nitrogens with one attached hydrogen (secondary N) is 1. The normalized spacial score (nSPS) is 10.5. The lowest BCUT2D eigenvalue weighted by molar-refractivity contribution is 0.102. The third-order valence-electron chi connectivity index (χ3n) is 2.23. The summed E-state index contributed by atoms with van der Waals surface area (Å²) in [6.07, 6.45) is 1.59. The van der Waals surface area contributed by atoms with Gasteiger partial charge in [0.1, 0.15) is 5.69 Å². The van der Waals surface area contributed by atoms with Crippen molar-refractivity contribution in [1.82, 2.24) is 9.97 Å². The van der Waals surface area contributed by atoms with E-state index in [2.05, 4.69) is 29.1 Å². The summed E-state index contributed by atoms with van der Waals surface area (Å²) < 4.78 is 0. The van der Waals surface area contributed by atoms with Gasteiger partial charge in [-0.2, -0.15) is 0 Å². The van der Waals surface area contributed by atoms with Crippen molar-refractivity contribution >= 4 is 22.4 Å². The van der Waals surface area contributed by atoms with Gasteiger partial charge in [0, 0.05) is 11.6 Å². The van der Waals surface area contributed by atoms with Crippen LogP contribution >= 0.6 is 11.3 Å². The number of aromatic nitrogens is 2. The van der Waals surface area contributed by atoms with Gasteiger partial charge in [0.15, 0.2) is 5.13 Å². The van der Waals surface area contributed by atoms with E-state index in [0.29, 0.717) is 16.7 Å². The molecule has 0 aliphatic carbocycles. The Morgan fingerprint density at radius 1 is 1.41 bits per heavy atom. The molecule has 2 aromatic heterocycles. The molecular formula is C12H13N3OS. The highest BCUT2D eigenvalue weighted by Gasteiger charge is 2.10. The molecule has 4 nitrogen and oxygen atoms in total. The Morgan fingerprint density at radius 3 is 2.82 bits per heavy atom. The standard InChI is InChI=1S/C12H13N3OS/c1-8(2)10-7-17-12(14-10)15-11(16)9-5-3-4-6-13-9/h3-8H,1-2H3,(H,14,15,16). The second-order valence-corrected chi connectivity index (χ2v) is 4.76. The van der Waals surface area contributed by atoms with Crippen molar-refractivity contribution in [2.75, 3.05) is 5.32 Å². The highest BCUT2D eigenvalue weighted by molar-refractivity contribution is 7.14. The van der Waals surface area contributed by atoms with Crippen LogP contribution in [-0.2, 0) is 0 Å². The third kappa shape index (κ3) is 2.88. The Bertz CT molecular complexity index is 507. The highest BCUT2D eigenvalue weighted by Crippen LogP contribution is 2.21. The second kappa shape index (κ2) is 5.05. The van der Waals surface area contributed by atoms with Gasteiger partial charge >= 0.3 is 0 Å². The summed E-state index contributed by atoms with van der Waals surface area (Å²) in [5.74, 6) is 0.141. The van der Waals surface area contributed by atoms with Crippen LogP contribution in [0.5, 0.6) is 0 Å². The molecule has 0 aromatic carbocycles. The summed E-state index contributed by atoms with van der Waals surface area (Å²) in [5.41, 5.74) is 1.39. The highest BCUT2D eigenvalue weighted by atomic mass is 32.1. The molecule has 5 heteroatoms. The van der Waals surface area contributed by atoms with Gasteiger partial charge in [-0.05, 0) is 18.1 Å². The summed E-state index contributed by atoms with van der Waals surface area (Å²) in [6.45, 7) is 4.14. The molecule has 2 rings (SSSR count). The first-order chi connectivity index (χ1) is 8.16. The van der Waals surface area contributed by atoms with Crippen LogP contribution in [0.15, 0.2) is 29.8 Å². The van der Waals surface area contributed by atoms with Crippen LogP contribution in [0.1, 0.15) is 35.9 Å². The van der Waals surface area contributed by atoms with Crippen LogP contribution in [-0.4, -0.2) is 15.9 Å². The molecule has 0 bridgehead atoms. The van der Waals surface area contributed by atoms with Gasteiger partial charge in [-0.25, -0.2) is 4.98 Å². The molecule has 0 spiro atoms. The van der Waals surface area contributed by atoms with Crippen molar-refractivity contribution in [1.29, 1.82) is 0 Å². The quantitative estimate of drug-likeness (QED) is 0.907. The SMILES string of the molecule is CC(C)c1csc(NC(=O)c2ccccn2)n1. The van der Waals surface area contributed by atoms with Crippen LogP contribution < -0.4 is 5.32 Å². The minimum absolute atomic E-state index is 0.227. The minimum atomic E-state index is -0.227. The molecule has 0 aliphatic rings. The van der Waals surface area contributed by atoms with Gasteiger partial charge in [-0.1, -0.05) is 19.9 Å². The van der Waals surface area contributed by atoms with E-state index in [4.69, 9.17) is 0 Å². The molecular weight excluding hydrogens is 234 g/mol. The molecule has 1 N–H and O–H groups in total. The van der Waals surface area contributed by atoms with Crippen molar-refractivity contribution in [3.05, 3.63) is 41.2 Å². The largest absolute Gasteiger partial charge is 0.296 e. The van der Waals surface area contributed by atoms with Crippen molar-refractivity contribution in [2.45, 2.75) is 19.8 Å². The van der Waals surface area contributed by atoms with Crippen molar-refractivity contribution in [2.24, 2.45) is 0 Å². The van der Waals surface area contributed by atoms with Crippen molar-refractivity contribution < 1.29 is 4.79 Å². The van der Waals surface area contributed by atoms with Gasteiger partial charge in [-0.3, -0.25) is 15.1 Å². The molecule has 0 radical (unpaired) electrons. The number of nitrogens with zero attached hydrogens (tertiary/aromatic N) is 2. The predicted molar refractivity (Wildman–Crippen MR) is 68.4 cm³/mol. The van der Waals surface area contributed by atoms with Gasteiger partial charge in [0.05, 0.1) is 5.69 Å². The van der Waals surface area contributed by atoms with E-state index < -0.39 is 0 Å². The lowest BCUT2D eigenvalue weighted by atomic mass is 10.2. The van der Waals surface area contributed by atoms with Gasteiger partial charge in [0.25, 0.3) is 5.91 Å². The average molecular weight is 247 g/mol. The summed E-state index contributed by atoms with van der Waals surface area (Å²) in [4.78, 5) is 20.1. The Morgan fingerprint density at radius 2 is 2.24 bits per heavy atom. The van der Waals surface area contributed by atoms with E-state index in [0.717, 1.165) is 5.69 Å². The number of hydrogen-bond donors (Lipinski definition) is 1. The zero-order chi connectivity index (χ0) is 12.3. The fourth-order valence-electron chi connectivity index (χ4n) is 1.27. The molecule has 17 heavy (non-hydrogen) atoms. The van der Waals surface area contributed by atoms with E-state index in [1.54, 1.807) is 24.4 Å². The Balaban J connectivity index is 2.08. The molecule has 2 heterocycles. The molecule has 0 aliphatic heterocycles. The number of thiazole rings is 1. The first kappa shape index (κ1) is 11.7. The molecule has 0 fully saturated rings. The van der Waals surface area contributed by atoms with E-state index >= 15 is 0 Å². The molecule has 0 saturated carbocycles. The number of amides is 1. The van der Waals surface area contributed by atoms with Crippen LogP contribution in [0.2, 0.25) is 0 Å². The molecule has 1 amide bonds. The van der Waals surface area contributed by atoms with E-state index in [1.165, 1.54) is 11.3 Å². The molecule has 88 valence electrons. The number of carbonyl (C=O) groups is 1. The minimum Gasteiger partial charge on any atom is -0.296 e. The molecule has 2 aromatic rings. The molecule has 0 atom stereocenters. The maximum Gasteiger partial charge on any atom is 0.276 e. The second-order valence-electron chi connectivity index (χ2n) is 3.90. The van der Waals surface area contributed by atoms with E-state index in [9.17, 15) is 4.79 Å². The number of hydrogen-bond acceptors (Lipinski definition) is 4. The van der Waals surface area contributed by atoms with Crippen molar-refractivity contribution in [3.8, 4) is 0 Å². The number of pyridine rings is 1. The molecule has 0 unspecified atom stereocenters. The van der Waals surface area contributed by atoms with Gasteiger partial charge in [-0.15, -0.1) is 11.3 Å². The van der Waals surface area contributed by atoms with Gasteiger partial charge < -0.3 is 0 Å². The fourth-order valence-corrected chi connectivity index (χ4v) is 2.13. The Labute approximate surface area is 104 Å². The summed E-state index contributed by atoms with van der Waals surface area (Å²) in [6, 6.07) is 5.23. The summed E-state index contributed by atoms with van der Waals surface area (Å²) in [7, 11) is 0. The summed E-state index contributed by atoms with van der Waals surface area (Å²) in [5, 5.41) is 5.31. The van der Waals surface area contributed by atoms with E-state index in [1.807, 2.05) is 5.38 Å². The first-order valence-electron chi connectivity index (χ1n) is 5.34. The third-order valence-corrected chi connectivity index (χ3v) is 3.01. The lowest BCUT2D eigenvalue weighted by Gasteiger charge is -2.00. The zero-order valence-corrected chi connectivity index (χ0v) is 10.5. The first-order valence-corrected chi connectivity index (χ1v) is 6.22. The van der Waals surface area contributed by atoms with Crippen LogP contribution in [0, 0.1) is 0 Å². The summed E-state index contributed by atoms with van der Waals surface area (Å²) >= 11 is 1.43. The smallest absolute Gasteiger partial charge is 0.276 e. The Hall–Kier alpha value is -1.75. The van der Waals surface area contributed by atoms with Gasteiger partial charge in [0.2, 0.25) is 0 Å². The Kier molecular flexibility index (Phi) is 3.49. The molecule has 0 saturated heterocycles. The maximum absolute atomic E-state index is 11.8. The zero-order valence-electron chi connectivity index (χ0n) is 9.68. The van der Waals surface area contributed by atoms with Crippen LogP contribution in [0.4, 0.5) is 5.13 Å². The average Bonchev–Trinajstić information content (AvgIpc) is 2.79. The van der Waals surface area contributed by atoms with Crippen LogP contribution in [0.25, 0.3) is 0 Å². The van der Waals surface area contributed by atoms with Crippen LogP contribution in [0.3, 0.4) is 0 Å². The number of anilines is 1. The lowest BCUT2D eigenvalue weighted by Crippen LogP contribution is -2.13.